The van der Waals surface area contributed by atoms with E-state index in [1.165, 1.54) is 17.7 Å². The van der Waals surface area contributed by atoms with Gasteiger partial charge in [0.2, 0.25) is 0 Å². The second-order valence-electron chi connectivity index (χ2n) is 5.37. The first-order valence-electron chi connectivity index (χ1n) is 6.90. The molecule has 19 heavy (non-hydrogen) atoms. The van der Waals surface area contributed by atoms with Crippen LogP contribution < -0.4 is 5.73 Å². The molecule has 108 valence electrons. The van der Waals surface area contributed by atoms with E-state index in [2.05, 4.69) is 24.9 Å². The molecular formula is C14H23ClN2OS. The molecule has 1 saturated heterocycles. The highest BCUT2D eigenvalue weighted by Gasteiger charge is 2.26. The third kappa shape index (κ3) is 4.17. The molecule has 2 heterocycles. The zero-order chi connectivity index (χ0) is 13.8. The van der Waals surface area contributed by atoms with E-state index in [0.29, 0.717) is 6.10 Å². The summed E-state index contributed by atoms with van der Waals surface area (Å²) in [5, 5.41) is 0. The molecule has 0 saturated carbocycles. The first-order chi connectivity index (χ1) is 9.08. The summed E-state index contributed by atoms with van der Waals surface area (Å²) in [4.78, 5) is 3.54. The Kier molecular flexibility index (Phi) is 5.66. The van der Waals surface area contributed by atoms with Crippen LogP contribution in [0.25, 0.3) is 0 Å². The number of hydrogen-bond donors (Lipinski definition) is 1. The molecule has 2 N–H and O–H groups in total. The molecule has 0 aromatic carbocycles. The molecule has 1 aromatic rings. The molecule has 1 fully saturated rings. The van der Waals surface area contributed by atoms with Gasteiger partial charge in [0.25, 0.3) is 0 Å². The monoisotopic (exact) mass is 302 g/mol. The predicted molar refractivity (Wildman–Crippen MR) is 81.9 cm³/mol. The number of rotatable bonds is 5. The maximum atomic E-state index is 6.17. The molecule has 1 aromatic heterocycles. The summed E-state index contributed by atoms with van der Waals surface area (Å²) in [6.07, 6.45) is 3.96. The fourth-order valence-electron chi connectivity index (χ4n) is 2.75. The largest absolute Gasteiger partial charge is 0.377 e. The Morgan fingerprint density at radius 3 is 2.84 bits per heavy atom. The van der Waals surface area contributed by atoms with E-state index in [9.17, 15) is 0 Å². The Morgan fingerprint density at radius 1 is 1.53 bits per heavy atom. The van der Waals surface area contributed by atoms with Crippen molar-refractivity contribution in [2.75, 3.05) is 20.2 Å². The molecule has 0 amide bonds. The molecule has 0 bridgehead atoms. The fraction of sp³-hybridized carbons (Fsp3) is 0.714. The summed E-state index contributed by atoms with van der Waals surface area (Å²) >= 11 is 7.66. The lowest BCUT2D eigenvalue weighted by Crippen LogP contribution is -2.41. The Balaban J connectivity index is 2.01. The highest BCUT2D eigenvalue weighted by atomic mass is 35.5. The summed E-state index contributed by atoms with van der Waals surface area (Å²) in [7, 11) is 2.12. The summed E-state index contributed by atoms with van der Waals surface area (Å²) in [5.41, 5.74) is 6.17. The number of hydrogen-bond acceptors (Lipinski definition) is 4. The Hall–Kier alpha value is -0.130. The van der Waals surface area contributed by atoms with Gasteiger partial charge in [-0.15, -0.1) is 11.3 Å². The number of thiophene rings is 1. The minimum absolute atomic E-state index is 0.0725. The van der Waals surface area contributed by atoms with Crippen LogP contribution >= 0.6 is 22.9 Å². The van der Waals surface area contributed by atoms with E-state index >= 15 is 0 Å². The van der Waals surface area contributed by atoms with Crippen molar-refractivity contribution in [1.82, 2.24) is 4.90 Å². The smallest absolute Gasteiger partial charge is 0.0931 e. The molecule has 5 heteroatoms. The van der Waals surface area contributed by atoms with Gasteiger partial charge in [0.15, 0.2) is 0 Å². The van der Waals surface area contributed by atoms with Crippen molar-refractivity contribution < 1.29 is 4.74 Å². The highest BCUT2D eigenvalue weighted by Crippen LogP contribution is 2.32. The van der Waals surface area contributed by atoms with Gasteiger partial charge in [0.05, 0.1) is 16.5 Å². The lowest BCUT2D eigenvalue weighted by Gasteiger charge is -2.34. The predicted octanol–water partition coefficient (Wildman–Crippen LogP) is 3.29. The summed E-state index contributed by atoms with van der Waals surface area (Å²) < 4.78 is 6.64. The molecule has 3 atom stereocenters. The molecular weight excluding hydrogens is 280 g/mol. The van der Waals surface area contributed by atoms with E-state index < -0.39 is 0 Å². The normalized spacial score (nSPS) is 23.5. The number of halogens is 1. The molecule has 1 aliphatic rings. The third-order valence-corrected chi connectivity index (χ3v) is 4.93. The highest BCUT2D eigenvalue weighted by molar-refractivity contribution is 7.16. The quantitative estimate of drug-likeness (QED) is 0.907. The molecule has 3 nitrogen and oxygen atoms in total. The number of likely N-dealkylation sites (N-methyl/N-ethyl adjacent to an activating group) is 1. The third-order valence-electron chi connectivity index (χ3n) is 3.62. The van der Waals surface area contributed by atoms with Gasteiger partial charge in [-0.2, -0.15) is 0 Å². The van der Waals surface area contributed by atoms with Gasteiger partial charge in [0, 0.05) is 24.1 Å². The molecule has 1 aliphatic heterocycles. The molecule has 3 unspecified atom stereocenters. The van der Waals surface area contributed by atoms with E-state index in [0.717, 1.165) is 23.9 Å². The van der Waals surface area contributed by atoms with Gasteiger partial charge in [-0.05, 0) is 45.4 Å². The molecule has 2 rings (SSSR count). The average Bonchev–Trinajstić information content (AvgIpc) is 2.76. The molecule has 0 spiro atoms. The van der Waals surface area contributed by atoms with Gasteiger partial charge in [-0.1, -0.05) is 11.6 Å². The van der Waals surface area contributed by atoms with Gasteiger partial charge < -0.3 is 10.5 Å². The topological polar surface area (TPSA) is 38.5 Å². The zero-order valence-corrected chi connectivity index (χ0v) is 13.2. The van der Waals surface area contributed by atoms with Crippen LogP contribution in [-0.4, -0.2) is 37.2 Å². The van der Waals surface area contributed by atoms with Crippen LogP contribution in [0.3, 0.4) is 0 Å². The second-order valence-corrected chi connectivity index (χ2v) is 7.12. The van der Waals surface area contributed by atoms with Crippen molar-refractivity contribution in [2.24, 2.45) is 5.73 Å². The number of nitrogens with two attached hydrogens (primary N) is 1. The Labute approximate surface area is 124 Å². The zero-order valence-electron chi connectivity index (χ0n) is 11.6. The number of nitrogens with zero attached hydrogens (tertiary/aromatic N) is 1. The first kappa shape index (κ1) is 15.3. The average molecular weight is 303 g/mol. The fourth-order valence-corrected chi connectivity index (χ4v) is 4.09. The van der Waals surface area contributed by atoms with Crippen molar-refractivity contribution >= 4 is 22.9 Å². The maximum absolute atomic E-state index is 6.17. The van der Waals surface area contributed by atoms with Crippen LogP contribution in [0.4, 0.5) is 0 Å². The van der Waals surface area contributed by atoms with Gasteiger partial charge in [-0.25, -0.2) is 0 Å². The van der Waals surface area contributed by atoms with Gasteiger partial charge >= 0.3 is 0 Å². The van der Waals surface area contributed by atoms with Crippen molar-refractivity contribution in [1.29, 1.82) is 0 Å². The van der Waals surface area contributed by atoms with Crippen LogP contribution in [-0.2, 0) is 4.74 Å². The lowest BCUT2D eigenvalue weighted by molar-refractivity contribution is -0.00958. The minimum atomic E-state index is 0.0725. The minimum Gasteiger partial charge on any atom is -0.377 e. The van der Waals surface area contributed by atoms with Crippen LogP contribution in [0, 0.1) is 0 Å². The second kappa shape index (κ2) is 7.04. The molecule has 0 radical (unpaired) electrons. The summed E-state index contributed by atoms with van der Waals surface area (Å²) in [5.74, 6) is 0. The van der Waals surface area contributed by atoms with Gasteiger partial charge in [0.1, 0.15) is 0 Å². The van der Waals surface area contributed by atoms with Crippen molar-refractivity contribution in [3.8, 4) is 0 Å². The standard InChI is InChI=1S/C14H23ClN2OS/c1-10(16)14(12-6-7-13(15)19-12)17(2)9-11-5-3-4-8-18-11/h6-7,10-11,14H,3-5,8-9,16H2,1-2H3. The summed E-state index contributed by atoms with van der Waals surface area (Å²) in [6, 6.07) is 4.31. The van der Waals surface area contributed by atoms with Crippen molar-refractivity contribution in [2.45, 2.75) is 44.4 Å². The lowest BCUT2D eigenvalue weighted by atomic mass is 10.0. The SMILES string of the molecule is CC(N)C(c1ccc(Cl)s1)N(C)CC1CCCCO1. The van der Waals surface area contributed by atoms with E-state index in [1.54, 1.807) is 11.3 Å². The van der Waals surface area contributed by atoms with Crippen LogP contribution in [0.1, 0.15) is 37.1 Å². The Bertz CT molecular complexity index is 391. The van der Waals surface area contributed by atoms with E-state index in [4.69, 9.17) is 22.1 Å². The van der Waals surface area contributed by atoms with Crippen LogP contribution in [0.5, 0.6) is 0 Å². The van der Waals surface area contributed by atoms with Crippen molar-refractivity contribution in [3.63, 3.8) is 0 Å². The summed E-state index contributed by atoms with van der Waals surface area (Å²) in [6.45, 7) is 3.88. The van der Waals surface area contributed by atoms with Crippen LogP contribution in [0.2, 0.25) is 4.34 Å². The first-order valence-corrected chi connectivity index (χ1v) is 8.10. The van der Waals surface area contributed by atoms with Crippen molar-refractivity contribution in [3.05, 3.63) is 21.3 Å². The number of ether oxygens (including phenoxy) is 1. The molecule has 0 aliphatic carbocycles. The maximum Gasteiger partial charge on any atom is 0.0931 e. The van der Waals surface area contributed by atoms with E-state index in [-0.39, 0.29) is 12.1 Å². The van der Waals surface area contributed by atoms with Crippen LogP contribution in [0.15, 0.2) is 12.1 Å². The Morgan fingerprint density at radius 2 is 2.32 bits per heavy atom. The van der Waals surface area contributed by atoms with E-state index in [1.807, 2.05) is 6.07 Å². The van der Waals surface area contributed by atoms with Gasteiger partial charge in [-0.3, -0.25) is 4.90 Å².